The van der Waals surface area contributed by atoms with E-state index in [9.17, 15) is 4.79 Å². The van der Waals surface area contributed by atoms with Crippen LogP contribution in [0.25, 0.3) is 10.6 Å². The number of hydrogen-bond acceptors (Lipinski definition) is 3. The van der Waals surface area contributed by atoms with Gasteiger partial charge < -0.3 is 4.90 Å². The fraction of sp³-hybridized carbons (Fsp3) is 0.385. The topological polar surface area (TPSA) is 33.2 Å². The van der Waals surface area contributed by atoms with Crippen molar-refractivity contribution in [3.05, 3.63) is 77.3 Å². The van der Waals surface area contributed by atoms with E-state index in [-0.39, 0.29) is 11.3 Å². The first kappa shape index (κ1) is 19.5. The largest absolute Gasteiger partial charge is 0.334 e. The smallest absolute Gasteiger partial charge is 0.273 e. The lowest BCUT2D eigenvalue weighted by molar-refractivity contribution is 0.00886. The maximum Gasteiger partial charge on any atom is 0.273 e. The molecule has 0 unspecified atom stereocenters. The molecule has 3 atom stereocenters. The molecule has 1 saturated heterocycles. The molecule has 0 N–H and O–H groups in total. The standard InChI is InChI=1S/C26H28N2OS/c1-26(20-12-6-3-7-13-20)16-17-28(23-15-9-8-14-21(23)26)25(29)22-18-30-24(27-22)19-10-4-2-5-11-19/h2-7,10-13,18,21,23H,8-9,14-17H2,1H3/t21-,23+,26+/m0/s1. The fourth-order valence-corrected chi connectivity index (χ4v) is 6.39. The molecule has 2 aromatic carbocycles. The van der Waals surface area contributed by atoms with Crippen molar-refractivity contribution < 1.29 is 4.79 Å². The molecule has 2 aliphatic rings. The van der Waals surface area contributed by atoms with Crippen molar-refractivity contribution in [3.63, 3.8) is 0 Å². The number of fused-ring (bicyclic) bond motifs is 1. The summed E-state index contributed by atoms with van der Waals surface area (Å²) in [4.78, 5) is 20.4. The van der Waals surface area contributed by atoms with Crippen LogP contribution in [-0.4, -0.2) is 28.4 Å². The van der Waals surface area contributed by atoms with E-state index in [1.54, 1.807) is 11.3 Å². The molecule has 154 valence electrons. The average molecular weight is 417 g/mol. The number of carbonyl (C=O) groups is 1. The van der Waals surface area contributed by atoms with Gasteiger partial charge in [0, 0.05) is 23.5 Å². The number of amides is 1. The second kappa shape index (κ2) is 7.99. The average Bonchev–Trinajstić information content (AvgIpc) is 3.31. The van der Waals surface area contributed by atoms with Crippen LogP contribution in [0.15, 0.2) is 66.0 Å². The predicted octanol–water partition coefficient (Wildman–Crippen LogP) is 6.17. The minimum atomic E-state index is 0.112. The summed E-state index contributed by atoms with van der Waals surface area (Å²) in [5, 5.41) is 2.86. The fourth-order valence-electron chi connectivity index (χ4n) is 5.59. The lowest BCUT2D eigenvalue weighted by atomic mass is 9.60. The van der Waals surface area contributed by atoms with Crippen molar-refractivity contribution in [1.82, 2.24) is 9.88 Å². The number of piperidine rings is 1. The van der Waals surface area contributed by atoms with Crippen molar-refractivity contribution in [2.45, 2.75) is 50.5 Å². The van der Waals surface area contributed by atoms with E-state index in [2.05, 4.69) is 54.3 Å². The monoisotopic (exact) mass is 416 g/mol. The van der Waals surface area contributed by atoms with Gasteiger partial charge >= 0.3 is 0 Å². The molecule has 3 aromatic rings. The summed E-state index contributed by atoms with van der Waals surface area (Å²) in [5.41, 5.74) is 3.24. The highest BCUT2D eigenvalue weighted by atomic mass is 32.1. The Morgan fingerprint density at radius 1 is 1.03 bits per heavy atom. The zero-order chi connectivity index (χ0) is 20.6. The number of likely N-dealkylation sites (tertiary alicyclic amines) is 1. The summed E-state index contributed by atoms with van der Waals surface area (Å²) in [6, 6.07) is 21.4. The van der Waals surface area contributed by atoms with Gasteiger partial charge in [-0.2, -0.15) is 0 Å². The summed E-state index contributed by atoms with van der Waals surface area (Å²) in [5.74, 6) is 0.624. The van der Waals surface area contributed by atoms with Crippen molar-refractivity contribution in [3.8, 4) is 10.6 Å². The van der Waals surface area contributed by atoms with Crippen LogP contribution in [0.5, 0.6) is 0 Å². The SMILES string of the molecule is C[C@]1(c2ccccc2)CCN(C(=O)c2csc(-c3ccccc3)n2)[C@@H]2CCCC[C@@H]21. The van der Waals surface area contributed by atoms with Gasteiger partial charge in [-0.3, -0.25) is 4.79 Å². The number of carbonyl (C=O) groups excluding carboxylic acids is 1. The Hall–Kier alpha value is -2.46. The Morgan fingerprint density at radius 3 is 2.50 bits per heavy atom. The van der Waals surface area contributed by atoms with E-state index in [4.69, 9.17) is 4.98 Å². The Morgan fingerprint density at radius 2 is 1.73 bits per heavy atom. The molecule has 4 heteroatoms. The lowest BCUT2D eigenvalue weighted by Crippen LogP contribution is -2.58. The summed E-state index contributed by atoms with van der Waals surface area (Å²) in [7, 11) is 0. The third-order valence-electron chi connectivity index (χ3n) is 7.26. The third-order valence-corrected chi connectivity index (χ3v) is 8.15. The Bertz CT molecular complexity index is 1020. The molecule has 5 rings (SSSR count). The molecule has 1 saturated carbocycles. The second-order valence-electron chi connectivity index (χ2n) is 8.89. The summed E-state index contributed by atoms with van der Waals surface area (Å²) >= 11 is 1.56. The molecule has 30 heavy (non-hydrogen) atoms. The van der Waals surface area contributed by atoms with Gasteiger partial charge in [0.2, 0.25) is 0 Å². The van der Waals surface area contributed by atoms with Crippen LogP contribution < -0.4 is 0 Å². The molecule has 3 nitrogen and oxygen atoms in total. The Kier molecular flexibility index (Phi) is 5.20. The molecule has 2 fully saturated rings. The zero-order valence-corrected chi connectivity index (χ0v) is 18.3. The Balaban J connectivity index is 1.42. The van der Waals surface area contributed by atoms with Crippen LogP contribution >= 0.6 is 11.3 Å². The van der Waals surface area contributed by atoms with Crippen LogP contribution in [0.1, 0.15) is 55.1 Å². The quantitative estimate of drug-likeness (QED) is 0.511. The first-order valence-electron chi connectivity index (χ1n) is 11.0. The number of nitrogens with zero attached hydrogens (tertiary/aromatic N) is 2. The molecule has 0 bridgehead atoms. The van der Waals surface area contributed by atoms with Crippen LogP contribution in [0.2, 0.25) is 0 Å². The molecular formula is C26H28N2OS. The van der Waals surface area contributed by atoms with Gasteiger partial charge in [0.15, 0.2) is 0 Å². The normalized spacial score (nSPS) is 26.2. The summed E-state index contributed by atoms with van der Waals surface area (Å²) in [6.45, 7) is 3.23. The molecule has 0 radical (unpaired) electrons. The molecule has 1 aromatic heterocycles. The van der Waals surface area contributed by atoms with Crippen LogP contribution in [0, 0.1) is 5.92 Å². The molecule has 1 aliphatic carbocycles. The first-order valence-corrected chi connectivity index (χ1v) is 11.9. The maximum absolute atomic E-state index is 13.5. The highest BCUT2D eigenvalue weighted by Crippen LogP contribution is 2.48. The van der Waals surface area contributed by atoms with Crippen molar-refractivity contribution >= 4 is 17.2 Å². The highest BCUT2D eigenvalue weighted by Gasteiger charge is 2.48. The minimum absolute atomic E-state index is 0.112. The van der Waals surface area contributed by atoms with Crippen molar-refractivity contribution in [2.24, 2.45) is 5.92 Å². The zero-order valence-electron chi connectivity index (χ0n) is 17.5. The van der Waals surface area contributed by atoms with Crippen LogP contribution in [0.4, 0.5) is 0 Å². The number of thiazole rings is 1. The molecule has 1 amide bonds. The maximum atomic E-state index is 13.5. The molecule has 2 heterocycles. The van der Waals surface area contributed by atoms with Gasteiger partial charge in [-0.1, -0.05) is 80.4 Å². The first-order chi connectivity index (χ1) is 14.7. The predicted molar refractivity (Wildman–Crippen MR) is 123 cm³/mol. The van der Waals surface area contributed by atoms with Crippen LogP contribution in [-0.2, 0) is 5.41 Å². The van der Waals surface area contributed by atoms with Gasteiger partial charge in [0.05, 0.1) is 0 Å². The number of aromatic nitrogens is 1. The van der Waals surface area contributed by atoms with E-state index < -0.39 is 0 Å². The summed E-state index contributed by atoms with van der Waals surface area (Å²) in [6.07, 6.45) is 5.79. The van der Waals surface area contributed by atoms with Gasteiger partial charge in [-0.05, 0) is 36.2 Å². The lowest BCUT2D eigenvalue weighted by Gasteiger charge is -2.53. The van der Waals surface area contributed by atoms with Crippen molar-refractivity contribution in [2.75, 3.05) is 6.54 Å². The molecule has 0 spiro atoms. The van der Waals surface area contributed by atoms with E-state index in [1.807, 2.05) is 23.6 Å². The number of hydrogen-bond donors (Lipinski definition) is 0. The number of benzene rings is 2. The highest BCUT2D eigenvalue weighted by molar-refractivity contribution is 7.13. The van der Waals surface area contributed by atoms with Crippen molar-refractivity contribution in [1.29, 1.82) is 0 Å². The van der Waals surface area contributed by atoms with Gasteiger partial charge in [0.25, 0.3) is 5.91 Å². The molecular weight excluding hydrogens is 388 g/mol. The minimum Gasteiger partial charge on any atom is -0.334 e. The van der Waals surface area contributed by atoms with E-state index in [0.717, 1.165) is 30.0 Å². The second-order valence-corrected chi connectivity index (χ2v) is 9.75. The third kappa shape index (κ3) is 3.37. The van der Waals surface area contributed by atoms with Crippen LogP contribution in [0.3, 0.4) is 0 Å². The number of rotatable bonds is 3. The van der Waals surface area contributed by atoms with E-state index in [1.165, 1.54) is 24.8 Å². The van der Waals surface area contributed by atoms with Gasteiger partial charge in [-0.15, -0.1) is 11.3 Å². The van der Waals surface area contributed by atoms with Gasteiger partial charge in [-0.25, -0.2) is 4.98 Å². The van der Waals surface area contributed by atoms with E-state index >= 15 is 0 Å². The van der Waals surface area contributed by atoms with E-state index in [0.29, 0.717) is 17.7 Å². The summed E-state index contributed by atoms with van der Waals surface area (Å²) < 4.78 is 0. The molecule has 1 aliphatic heterocycles. The van der Waals surface area contributed by atoms with Gasteiger partial charge in [0.1, 0.15) is 10.7 Å². The Labute approximate surface area is 182 Å².